The van der Waals surface area contributed by atoms with Gasteiger partial charge in [0.25, 0.3) is 0 Å². The number of fused-ring (bicyclic) bond motifs is 5. The van der Waals surface area contributed by atoms with Crippen LogP contribution in [0.5, 0.6) is 0 Å². The molecule has 2 amide bonds. The molecule has 0 atom stereocenters. The number of carbonyl (C=O) groups excluding carboxylic acids is 2. The largest absolute Gasteiger partial charge is 0.379 e. The predicted molar refractivity (Wildman–Crippen MR) is 139 cm³/mol. The number of aromatic nitrogens is 3. The van der Waals surface area contributed by atoms with Crippen molar-refractivity contribution < 1.29 is 23.8 Å². The molecule has 0 saturated carbocycles. The third-order valence-electron chi connectivity index (χ3n) is 5.98. The summed E-state index contributed by atoms with van der Waals surface area (Å²) < 4.78 is 16.0. The van der Waals surface area contributed by atoms with E-state index >= 15 is 0 Å². The highest BCUT2D eigenvalue weighted by molar-refractivity contribution is 6.01. The number of para-hydroxylation sites is 1. The number of benzene rings is 2. The molecule has 3 aromatic rings. The zero-order valence-corrected chi connectivity index (χ0v) is 21.1. The van der Waals surface area contributed by atoms with Gasteiger partial charge in [-0.3, -0.25) is 9.59 Å². The number of hydrogen-bond donors (Lipinski definition) is 2. The molecule has 0 radical (unpaired) electrons. The third kappa shape index (κ3) is 7.00. The first-order valence-electron chi connectivity index (χ1n) is 12.6. The Morgan fingerprint density at radius 1 is 0.865 bits per heavy atom. The van der Waals surface area contributed by atoms with Crippen molar-refractivity contribution in [2.45, 2.75) is 26.3 Å². The number of hydrogen-bond acceptors (Lipinski definition) is 7. The van der Waals surface area contributed by atoms with Gasteiger partial charge in [0.1, 0.15) is 11.4 Å². The van der Waals surface area contributed by atoms with E-state index in [0.29, 0.717) is 58.4 Å². The molecule has 2 heterocycles. The Labute approximate surface area is 216 Å². The van der Waals surface area contributed by atoms with E-state index in [1.54, 1.807) is 4.90 Å². The molecule has 1 aromatic heterocycles. The highest BCUT2D eigenvalue weighted by atomic mass is 16.5. The van der Waals surface area contributed by atoms with Gasteiger partial charge in [-0.25, -0.2) is 0 Å². The molecule has 2 aromatic carbocycles. The fraction of sp³-hybridized carbons (Fsp3) is 0.407. The summed E-state index contributed by atoms with van der Waals surface area (Å²) in [6.45, 7) is 5.78. The van der Waals surface area contributed by atoms with Crippen LogP contribution in [0.2, 0.25) is 0 Å². The van der Waals surface area contributed by atoms with Crippen LogP contribution in [0.1, 0.15) is 25.3 Å². The topological polar surface area (TPSA) is 119 Å². The van der Waals surface area contributed by atoms with Crippen LogP contribution >= 0.6 is 0 Å². The van der Waals surface area contributed by atoms with Gasteiger partial charge < -0.3 is 24.4 Å². The minimum Gasteiger partial charge on any atom is -0.379 e. The predicted octanol–water partition coefficient (Wildman–Crippen LogP) is 2.95. The highest BCUT2D eigenvalue weighted by Crippen LogP contribution is 2.39. The zero-order chi connectivity index (χ0) is 25.9. The van der Waals surface area contributed by atoms with Gasteiger partial charge in [0.05, 0.1) is 45.3 Å². The van der Waals surface area contributed by atoms with Gasteiger partial charge in [-0.1, -0.05) is 42.5 Å². The normalized spacial score (nSPS) is 12.2. The van der Waals surface area contributed by atoms with Crippen LogP contribution in [0.4, 0.5) is 5.69 Å². The number of carbonyl (C=O) groups is 2. The van der Waals surface area contributed by atoms with Crippen molar-refractivity contribution in [3.8, 4) is 22.5 Å². The van der Waals surface area contributed by atoms with E-state index in [9.17, 15) is 9.59 Å². The molecule has 1 aliphatic rings. The van der Waals surface area contributed by atoms with Crippen molar-refractivity contribution in [2.24, 2.45) is 0 Å². The number of anilines is 1. The maximum Gasteiger partial charge on any atom is 0.227 e. The maximum atomic E-state index is 13.4. The lowest BCUT2D eigenvalue weighted by molar-refractivity contribution is -0.125. The minimum absolute atomic E-state index is 0.0858. The van der Waals surface area contributed by atoms with E-state index in [1.165, 1.54) is 0 Å². The van der Waals surface area contributed by atoms with E-state index in [4.69, 9.17) is 14.2 Å². The van der Waals surface area contributed by atoms with Gasteiger partial charge in [-0.15, -0.1) is 0 Å². The molecule has 0 fully saturated rings. The lowest BCUT2D eigenvalue weighted by atomic mass is 9.95. The molecule has 0 spiro atoms. The first-order chi connectivity index (χ1) is 18.2. The first-order valence-corrected chi connectivity index (χ1v) is 12.6. The molecular formula is C27H33N5O5. The molecule has 0 saturated heterocycles. The Kier molecular flexibility index (Phi) is 9.75. The number of ether oxygens (including phenoxy) is 3. The number of rotatable bonds is 13. The van der Waals surface area contributed by atoms with E-state index in [-0.39, 0.29) is 24.7 Å². The summed E-state index contributed by atoms with van der Waals surface area (Å²) in [7, 11) is 0. The molecule has 196 valence electrons. The second kappa shape index (κ2) is 13.6. The first kappa shape index (κ1) is 26.5. The molecule has 0 aliphatic carbocycles. The quantitative estimate of drug-likeness (QED) is 0.342. The van der Waals surface area contributed by atoms with Crippen LogP contribution in [0.3, 0.4) is 0 Å². The van der Waals surface area contributed by atoms with Crippen LogP contribution in [-0.2, 0) is 30.3 Å². The standard InChI is InChI=1S/C27H33N5O5/c1-2-35-15-16-37-18-17-36-14-13-28-24(33)11-12-25(34)32-19-20-7-3-4-8-21(20)26-27(30-31-29-26)22-9-5-6-10-23(22)32/h3-10H,2,11-19H2,1H3,(H,28,33)(H,29,30,31). The van der Waals surface area contributed by atoms with Crippen LogP contribution in [-0.4, -0.2) is 73.4 Å². The summed E-state index contributed by atoms with van der Waals surface area (Å²) in [5, 5.41) is 14.3. The Balaban J connectivity index is 1.30. The molecule has 10 heteroatoms. The number of aromatic amines is 1. The molecular weight excluding hydrogens is 474 g/mol. The summed E-state index contributed by atoms with van der Waals surface area (Å²) in [6.07, 6.45) is 0.178. The van der Waals surface area contributed by atoms with Gasteiger partial charge in [-0.05, 0) is 18.6 Å². The van der Waals surface area contributed by atoms with Crippen molar-refractivity contribution in [1.29, 1.82) is 0 Å². The van der Waals surface area contributed by atoms with Crippen molar-refractivity contribution in [3.63, 3.8) is 0 Å². The fourth-order valence-corrected chi connectivity index (χ4v) is 4.17. The van der Waals surface area contributed by atoms with Gasteiger partial charge in [0.15, 0.2) is 0 Å². The fourth-order valence-electron chi connectivity index (χ4n) is 4.17. The van der Waals surface area contributed by atoms with Crippen LogP contribution < -0.4 is 10.2 Å². The number of nitrogens with zero attached hydrogens (tertiary/aromatic N) is 3. The van der Waals surface area contributed by atoms with Crippen LogP contribution in [0, 0.1) is 0 Å². The lowest BCUT2D eigenvalue weighted by Gasteiger charge is -2.28. The van der Waals surface area contributed by atoms with E-state index in [1.807, 2.05) is 55.5 Å². The Hall–Kier alpha value is -3.60. The second-order valence-electron chi connectivity index (χ2n) is 8.45. The van der Waals surface area contributed by atoms with E-state index in [0.717, 1.165) is 28.1 Å². The molecule has 10 nitrogen and oxygen atoms in total. The van der Waals surface area contributed by atoms with Gasteiger partial charge in [0, 0.05) is 37.1 Å². The van der Waals surface area contributed by atoms with Crippen LogP contribution in [0.25, 0.3) is 22.5 Å². The average molecular weight is 508 g/mol. The van der Waals surface area contributed by atoms with Crippen LogP contribution in [0.15, 0.2) is 48.5 Å². The number of nitrogens with one attached hydrogen (secondary N) is 2. The third-order valence-corrected chi connectivity index (χ3v) is 5.98. The summed E-state index contributed by atoms with van der Waals surface area (Å²) in [5.74, 6) is -0.325. The van der Waals surface area contributed by atoms with E-state index in [2.05, 4.69) is 20.7 Å². The smallest absolute Gasteiger partial charge is 0.227 e. The number of H-pyrrole nitrogens is 1. The number of amides is 2. The molecule has 2 N–H and O–H groups in total. The molecule has 37 heavy (non-hydrogen) atoms. The Bertz CT molecular complexity index is 1180. The monoisotopic (exact) mass is 507 g/mol. The summed E-state index contributed by atoms with van der Waals surface area (Å²) in [6, 6.07) is 15.5. The molecule has 4 rings (SSSR count). The minimum atomic E-state index is -0.190. The Morgan fingerprint density at radius 2 is 1.51 bits per heavy atom. The van der Waals surface area contributed by atoms with Crippen molar-refractivity contribution in [1.82, 2.24) is 20.7 Å². The van der Waals surface area contributed by atoms with Crippen molar-refractivity contribution in [2.75, 3.05) is 51.1 Å². The van der Waals surface area contributed by atoms with Gasteiger partial charge in [-0.2, -0.15) is 15.4 Å². The SMILES string of the molecule is CCOCCOCCOCCNC(=O)CCC(=O)N1Cc2ccccc2-c2n[nH]nc2-c2ccccc21. The van der Waals surface area contributed by atoms with Crippen molar-refractivity contribution in [3.05, 3.63) is 54.1 Å². The average Bonchev–Trinajstić information content (AvgIpc) is 3.40. The Morgan fingerprint density at radius 3 is 2.30 bits per heavy atom. The molecule has 1 aliphatic heterocycles. The van der Waals surface area contributed by atoms with E-state index < -0.39 is 0 Å². The summed E-state index contributed by atoms with van der Waals surface area (Å²) in [5.41, 5.74) is 4.90. The van der Waals surface area contributed by atoms with Crippen molar-refractivity contribution >= 4 is 17.5 Å². The summed E-state index contributed by atoms with van der Waals surface area (Å²) >= 11 is 0. The second-order valence-corrected chi connectivity index (χ2v) is 8.45. The van der Waals surface area contributed by atoms with Gasteiger partial charge in [0.2, 0.25) is 11.8 Å². The summed E-state index contributed by atoms with van der Waals surface area (Å²) in [4.78, 5) is 27.5. The maximum absolute atomic E-state index is 13.4. The molecule has 0 unspecified atom stereocenters. The zero-order valence-electron chi connectivity index (χ0n) is 21.1. The van der Waals surface area contributed by atoms with Gasteiger partial charge >= 0.3 is 0 Å². The lowest BCUT2D eigenvalue weighted by Crippen LogP contribution is -2.33. The highest BCUT2D eigenvalue weighted by Gasteiger charge is 2.27. The molecule has 0 bridgehead atoms.